The Morgan fingerprint density at radius 2 is 1.05 bits per heavy atom. The van der Waals surface area contributed by atoms with Crippen molar-refractivity contribution in [2.75, 3.05) is 13.2 Å². The van der Waals surface area contributed by atoms with Gasteiger partial charge in [0.1, 0.15) is 43.2 Å². The van der Waals surface area contributed by atoms with E-state index in [1.54, 1.807) is 0 Å². The minimum Gasteiger partial charge on any atom is -0.462 e. The second kappa shape index (κ2) is 35.2. The SMILES string of the molecule is CC/C=C\CC1OC1C/C=C\C/C=C\C/C=C\C/C=C\CCC(=O)OC[C@H](COP(=O)(O)OC1[C@H](O)[C@H](O)C(O)[C@H](O)[C@H]1O)OC(=O)CCCCCCC/C=C\C/C=C\CCCCC. The lowest BCUT2D eigenvalue weighted by Crippen LogP contribution is -2.64. The average molecular weight is 923 g/mol. The zero-order valence-corrected chi connectivity index (χ0v) is 39.1. The second-order valence-electron chi connectivity index (χ2n) is 16.3. The van der Waals surface area contributed by atoms with Gasteiger partial charge in [-0.2, -0.15) is 0 Å². The predicted octanol–water partition coefficient (Wildman–Crippen LogP) is 8.26. The summed E-state index contributed by atoms with van der Waals surface area (Å²) in [6.45, 7) is 3.06. The molecule has 0 radical (unpaired) electrons. The number of aliphatic hydroxyl groups excluding tert-OH is 5. The van der Waals surface area contributed by atoms with Gasteiger partial charge in [-0.1, -0.05) is 131 Å². The molecule has 6 N–H and O–H groups in total. The lowest BCUT2D eigenvalue weighted by molar-refractivity contribution is -0.220. The maximum atomic E-state index is 12.8. The molecule has 14 nitrogen and oxygen atoms in total. The van der Waals surface area contributed by atoms with E-state index < -0.39 is 75.7 Å². The molecule has 1 saturated heterocycles. The second-order valence-corrected chi connectivity index (χ2v) is 17.7. The van der Waals surface area contributed by atoms with Gasteiger partial charge in [0.05, 0.1) is 18.8 Å². The van der Waals surface area contributed by atoms with Crippen LogP contribution in [0.4, 0.5) is 0 Å². The molecule has 364 valence electrons. The van der Waals surface area contributed by atoms with Gasteiger partial charge >= 0.3 is 19.8 Å². The van der Waals surface area contributed by atoms with Crippen molar-refractivity contribution in [2.45, 2.75) is 197 Å². The van der Waals surface area contributed by atoms with Crippen molar-refractivity contribution < 1.29 is 67.8 Å². The molecule has 0 bridgehead atoms. The smallest absolute Gasteiger partial charge is 0.462 e. The summed E-state index contributed by atoms with van der Waals surface area (Å²) in [7, 11) is -5.15. The number of epoxide rings is 1. The Morgan fingerprint density at radius 1 is 0.562 bits per heavy atom. The van der Waals surface area contributed by atoms with Crippen LogP contribution < -0.4 is 0 Å². The van der Waals surface area contributed by atoms with Gasteiger partial charge in [0, 0.05) is 12.8 Å². The predicted molar refractivity (Wildman–Crippen MR) is 248 cm³/mol. The maximum Gasteiger partial charge on any atom is 0.472 e. The number of unbranched alkanes of at least 4 members (excludes halogenated alkanes) is 8. The summed E-state index contributed by atoms with van der Waals surface area (Å²) in [6.07, 6.45) is 34.0. The van der Waals surface area contributed by atoms with Crippen LogP contribution in [-0.4, -0.2) is 111 Å². The van der Waals surface area contributed by atoms with Crippen LogP contribution in [-0.2, 0) is 37.4 Å². The van der Waals surface area contributed by atoms with Crippen molar-refractivity contribution in [1.82, 2.24) is 0 Å². The molecule has 0 spiro atoms. The van der Waals surface area contributed by atoms with Crippen LogP contribution in [0.1, 0.15) is 142 Å². The summed E-state index contributed by atoms with van der Waals surface area (Å²) in [6, 6.07) is 0. The van der Waals surface area contributed by atoms with Gasteiger partial charge in [-0.25, -0.2) is 4.57 Å². The van der Waals surface area contributed by atoms with E-state index >= 15 is 0 Å². The van der Waals surface area contributed by atoms with Gasteiger partial charge in [0.15, 0.2) is 6.10 Å². The zero-order chi connectivity index (χ0) is 46.8. The Morgan fingerprint density at radius 3 is 1.62 bits per heavy atom. The number of rotatable bonds is 36. The van der Waals surface area contributed by atoms with Crippen LogP contribution in [0.3, 0.4) is 0 Å². The van der Waals surface area contributed by atoms with E-state index in [0.29, 0.717) is 31.5 Å². The number of carbonyl (C=O) groups is 2. The van der Waals surface area contributed by atoms with Gasteiger partial charge in [0.2, 0.25) is 0 Å². The van der Waals surface area contributed by atoms with Gasteiger partial charge in [0.25, 0.3) is 0 Å². The van der Waals surface area contributed by atoms with Gasteiger partial charge in [-0.15, -0.1) is 0 Å². The first kappa shape index (κ1) is 57.1. The summed E-state index contributed by atoms with van der Waals surface area (Å²) in [5.74, 6) is -1.23. The fraction of sp³-hybridized carbons (Fsp3) is 0.673. The maximum absolute atomic E-state index is 12.8. The minimum atomic E-state index is -5.15. The molecule has 2 rings (SSSR count). The number of ether oxygens (including phenoxy) is 3. The first-order valence-corrected chi connectivity index (χ1v) is 25.0. The standard InChI is InChI=1S/C49H79O14P/c1-3-5-7-8-9-10-11-12-13-14-19-22-25-28-32-36-43(51)61-39(38-60-64(57,58)63-49-47(55)45(53)44(52)46(54)48(49)56)37-59-42(50)35-31-27-24-21-18-16-15-17-20-23-26-30-34-41-40(62-41)33-29-6-4-2/h6,9-10,12-13,16-18,20,24,26-27,29-30,39-41,44-49,52-56H,3-5,7-8,11,14-15,19,21-23,25,28,31-38H2,1-2H3,(H,57,58)/b10-9-,13-12-,18-16-,20-17-,27-24-,29-6-,30-26-/t39-,40?,41?,44?,45-,46+,47-,48-,49?/m1/s1. The molecule has 0 aromatic carbocycles. The Hall–Kier alpha value is -3.01. The number of hydrogen-bond acceptors (Lipinski definition) is 13. The highest BCUT2D eigenvalue weighted by molar-refractivity contribution is 7.47. The lowest BCUT2D eigenvalue weighted by Gasteiger charge is -2.41. The van der Waals surface area contributed by atoms with Crippen LogP contribution in [0.5, 0.6) is 0 Å². The van der Waals surface area contributed by atoms with E-state index in [4.69, 9.17) is 23.3 Å². The monoisotopic (exact) mass is 923 g/mol. The third-order valence-electron chi connectivity index (χ3n) is 10.6. The molecular weight excluding hydrogens is 843 g/mol. The van der Waals surface area contributed by atoms with E-state index in [1.165, 1.54) is 19.3 Å². The number of phosphoric acid groups is 1. The quantitative estimate of drug-likeness (QED) is 0.0115. The van der Waals surface area contributed by atoms with Crippen LogP contribution in [0.15, 0.2) is 85.1 Å². The highest BCUT2D eigenvalue weighted by Crippen LogP contribution is 2.47. The molecule has 10 atom stereocenters. The topological polar surface area (TPSA) is 222 Å². The summed E-state index contributed by atoms with van der Waals surface area (Å²) in [5.41, 5.74) is 0. The van der Waals surface area contributed by atoms with Crippen LogP contribution in [0.25, 0.3) is 0 Å². The third kappa shape index (κ3) is 26.8. The summed E-state index contributed by atoms with van der Waals surface area (Å²) >= 11 is 0. The molecule has 0 aromatic heterocycles. The Balaban J connectivity index is 1.73. The third-order valence-corrected chi connectivity index (χ3v) is 11.6. The molecule has 1 aliphatic carbocycles. The van der Waals surface area contributed by atoms with Gasteiger partial charge in [-0.3, -0.25) is 18.6 Å². The van der Waals surface area contributed by atoms with E-state index in [-0.39, 0.29) is 12.8 Å². The van der Waals surface area contributed by atoms with Gasteiger partial charge in [-0.05, 0) is 83.5 Å². The molecule has 1 heterocycles. The first-order valence-electron chi connectivity index (χ1n) is 23.5. The Bertz CT molecular complexity index is 1510. The highest BCUT2D eigenvalue weighted by Gasteiger charge is 2.51. The summed E-state index contributed by atoms with van der Waals surface area (Å²) < 4.78 is 39.1. The van der Waals surface area contributed by atoms with Crippen LogP contribution in [0, 0.1) is 0 Å². The van der Waals surface area contributed by atoms with Crippen molar-refractivity contribution in [3.8, 4) is 0 Å². The number of carbonyl (C=O) groups excluding carboxylic acids is 2. The molecule has 2 aliphatic rings. The van der Waals surface area contributed by atoms with E-state index in [0.717, 1.165) is 77.0 Å². The first-order chi connectivity index (χ1) is 30.9. The van der Waals surface area contributed by atoms with Crippen molar-refractivity contribution in [1.29, 1.82) is 0 Å². The minimum absolute atomic E-state index is 0.0307. The van der Waals surface area contributed by atoms with E-state index in [2.05, 4.69) is 80.7 Å². The van der Waals surface area contributed by atoms with Gasteiger partial charge < -0.3 is 44.6 Å². The number of aliphatic hydroxyl groups is 5. The zero-order valence-electron chi connectivity index (χ0n) is 38.2. The summed E-state index contributed by atoms with van der Waals surface area (Å²) in [4.78, 5) is 35.7. The van der Waals surface area contributed by atoms with Crippen LogP contribution in [0.2, 0.25) is 0 Å². The van der Waals surface area contributed by atoms with Crippen molar-refractivity contribution >= 4 is 19.8 Å². The number of phosphoric ester groups is 1. The fourth-order valence-corrected chi connectivity index (χ4v) is 7.71. The molecule has 1 saturated carbocycles. The Kier molecular flexibility index (Phi) is 31.4. The Labute approximate surface area is 382 Å². The number of esters is 2. The molecular formula is C49H79O14P. The molecule has 5 unspecified atom stereocenters. The molecule has 1 aliphatic heterocycles. The van der Waals surface area contributed by atoms with E-state index in [9.17, 15) is 44.6 Å². The van der Waals surface area contributed by atoms with E-state index in [1.807, 2.05) is 18.2 Å². The molecule has 64 heavy (non-hydrogen) atoms. The molecule has 0 aromatic rings. The number of allylic oxidation sites excluding steroid dienone is 12. The average Bonchev–Trinajstić information content (AvgIpc) is 4.03. The van der Waals surface area contributed by atoms with Crippen molar-refractivity contribution in [3.05, 3.63) is 85.1 Å². The lowest BCUT2D eigenvalue weighted by atomic mass is 9.85. The molecule has 2 fully saturated rings. The van der Waals surface area contributed by atoms with Crippen molar-refractivity contribution in [3.63, 3.8) is 0 Å². The highest BCUT2D eigenvalue weighted by atomic mass is 31.2. The molecule has 15 heteroatoms. The summed E-state index contributed by atoms with van der Waals surface area (Å²) in [5, 5.41) is 50.2. The molecule has 0 amide bonds. The van der Waals surface area contributed by atoms with Crippen molar-refractivity contribution in [2.24, 2.45) is 0 Å². The largest absolute Gasteiger partial charge is 0.472 e. The van der Waals surface area contributed by atoms with Crippen LogP contribution >= 0.6 is 7.82 Å². The normalized spacial score (nSPS) is 25.5. The fourth-order valence-electron chi connectivity index (χ4n) is 6.74. The number of hydrogen-bond donors (Lipinski definition) is 6.